The third kappa shape index (κ3) is 3.90. The van der Waals surface area contributed by atoms with Gasteiger partial charge in [0, 0.05) is 18.8 Å². The lowest BCUT2D eigenvalue weighted by Gasteiger charge is -2.08. The first-order valence-corrected chi connectivity index (χ1v) is 4.90. The Morgan fingerprint density at radius 1 is 1.24 bits per heavy atom. The fourth-order valence-electron chi connectivity index (χ4n) is 1.20. The maximum Gasteiger partial charge on any atom is 0.312 e. The molecule has 0 aliphatic rings. The maximum absolute atomic E-state index is 11.6. The molecule has 0 heterocycles. The van der Waals surface area contributed by atoms with Crippen LogP contribution in [0.3, 0.4) is 0 Å². The lowest BCUT2D eigenvalue weighted by atomic mass is 10.1. The quantitative estimate of drug-likeness (QED) is 0.271. The van der Waals surface area contributed by atoms with Crippen LogP contribution in [0, 0.1) is 0 Å². The van der Waals surface area contributed by atoms with Crippen molar-refractivity contribution in [1.29, 1.82) is 0 Å². The molecule has 0 spiro atoms. The molecule has 1 rings (SSSR count). The van der Waals surface area contributed by atoms with Gasteiger partial charge in [0.1, 0.15) is 5.75 Å². The Morgan fingerprint density at radius 3 is 2.53 bits per heavy atom. The lowest BCUT2D eigenvalue weighted by Crippen LogP contribution is -2.37. The van der Waals surface area contributed by atoms with Crippen molar-refractivity contribution in [2.75, 3.05) is 18.8 Å². The molecule has 0 saturated heterocycles. The number of primary amides is 1. The van der Waals surface area contributed by atoms with E-state index < -0.39 is 11.9 Å². The number of aromatic hydroxyl groups is 1. The summed E-state index contributed by atoms with van der Waals surface area (Å²) in [6.07, 6.45) is 0. The van der Waals surface area contributed by atoms with Gasteiger partial charge >= 0.3 is 6.03 Å². The van der Waals surface area contributed by atoms with Crippen molar-refractivity contribution >= 4 is 17.6 Å². The summed E-state index contributed by atoms with van der Waals surface area (Å²) in [4.78, 5) is 22.0. The summed E-state index contributed by atoms with van der Waals surface area (Å²) < 4.78 is 0. The van der Waals surface area contributed by atoms with E-state index in [0.29, 0.717) is 0 Å². The van der Waals surface area contributed by atoms with Crippen LogP contribution >= 0.6 is 0 Å². The number of nitrogens with one attached hydrogen (secondary N) is 2. The number of urea groups is 1. The maximum atomic E-state index is 11.6. The Kier molecular flexibility index (Phi) is 4.15. The molecule has 0 aliphatic carbocycles. The van der Waals surface area contributed by atoms with E-state index in [4.69, 9.17) is 11.5 Å². The van der Waals surface area contributed by atoms with Gasteiger partial charge in [-0.15, -0.1) is 0 Å². The van der Waals surface area contributed by atoms with Gasteiger partial charge in [0.05, 0.1) is 5.56 Å². The molecule has 0 aromatic heterocycles. The monoisotopic (exact) mass is 238 g/mol. The van der Waals surface area contributed by atoms with Gasteiger partial charge in [-0.05, 0) is 18.2 Å². The van der Waals surface area contributed by atoms with E-state index in [-0.39, 0.29) is 30.1 Å². The standard InChI is InChI=1S/C10H14N4O3/c11-8-2-1-6(15)5-7(8)9(16)13-3-4-14-10(12)17/h1-2,5,15H,3-4,11H2,(H,13,16)(H3,12,14,17). The SMILES string of the molecule is NC(=O)NCCNC(=O)c1cc(O)ccc1N. The Balaban J connectivity index is 2.52. The fourth-order valence-corrected chi connectivity index (χ4v) is 1.20. The van der Waals surface area contributed by atoms with Gasteiger partial charge in [0.2, 0.25) is 0 Å². The van der Waals surface area contributed by atoms with Crippen LogP contribution in [-0.2, 0) is 0 Å². The summed E-state index contributed by atoms with van der Waals surface area (Å²) in [7, 11) is 0. The number of phenols is 1. The molecule has 3 amide bonds. The molecule has 1 aromatic carbocycles. The Hall–Kier alpha value is -2.44. The predicted octanol–water partition coefficient (Wildman–Crippen LogP) is -0.628. The van der Waals surface area contributed by atoms with E-state index in [1.54, 1.807) is 0 Å². The zero-order valence-corrected chi connectivity index (χ0v) is 9.06. The van der Waals surface area contributed by atoms with Gasteiger partial charge in [-0.2, -0.15) is 0 Å². The van der Waals surface area contributed by atoms with Gasteiger partial charge < -0.3 is 27.2 Å². The van der Waals surface area contributed by atoms with Crippen molar-refractivity contribution in [2.45, 2.75) is 0 Å². The second kappa shape index (κ2) is 5.59. The highest BCUT2D eigenvalue weighted by atomic mass is 16.3. The topological polar surface area (TPSA) is 130 Å². The molecule has 0 fully saturated rings. The van der Waals surface area contributed by atoms with Crippen molar-refractivity contribution in [3.63, 3.8) is 0 Å². The van der Waals surface area contributed by atoms with Crippen molar-refractivity contribution in [2.24, 2.45) is 5.73 Å². The van der Waals surface area contributed by atoms with Gasteiger partial charge in [0.15, 0.2) is 0 Å². The highest BCUT2D eigenvalue weighted by Crippen LogP contribution is 2.17. The first kappa shape index (κ1) is 12.6. The molecule has 17 heavy (non-hydrogen) atoms. The lowest BCUT2D eigenvalue weighted by molar-refractivity contribution is 0.0954. The fraction of sp³-hybridized carbons (Fsp3) is 0.200. The highest BCUT2D eigenvalue weighted by molar-refractivity contribution is 5.99. The Labute approximate surface area is 97.8 Å². The largest absolute Gasteiger partial charge is 0.508 e. The van der Waals surface area contributed by atoms with Crippen LogP contribution < -0.4 is 22.1 Å². The van der Waals surface area contributed by atoms with Crippen LogP contribution in [0.2, 0.25) is 0 Å². The summed E-state index contributed by atoms with van der Waals surface area (Å²) in [6.45, 7) is 0.441. The molecule has 0 atom stereocenters. The third-order valence-corrected chi connectivity index (χ3v) is 1.99. The van der Waals surface area contributed by atoms with Crippen molar-refractivity contribution in [3.8, 4) is 5.75 Å². The molecule has 7 nitrogen and oxygen atoms in total. The average Bonchev–Trinajstić information content (AvgIpc) is 2.27. The van der Waals surface area contributed by atoms with Gasteiger partial charge in [-0.1, -0.05) is 0 Å². The number of hydrogen-bond acceptors (Lipinski definition) is 4. The van der Waals surface area contributed by atoms with Gasteiger partial charge in [0.25, 0.3) is 5.91 Å². The number of nitrogen functional groups attached to an aromatic ring is 1. The van der Waals surface area contributed by atoms with Crippen LogP contribution in [0.4, 0.5) is 10.5 Å². The number of hydrogen-bond donors (Lipinski definition) is 5. The molecular formula is C10H14N4O3. The minimum Gasteiger partial charge on any atom is -0.508 e. The van der Waals surface area contributed by atoms with E-state index in [9.17, 15) is 14.7 Å². The van der Waals surface area contributed by atoms with E-state index in [1.165, 1.54) is 18.2 Å². The number of rotatable bonds is 4. The normalized spacial score (nSPS) is 9.65. The van der Waals surface area contributed by atoms with Crippen molar-refractivity contribution in [1.82, 2.24) is 10.6 Å². The number of benzene rings is 1. The molecule has 0 unspecified atom stereocenters. The predicted molar refractivity (Wildman–Crippen MR) is 62.4 cm³/mol. The molecule has 0 saturated carbocycles. The Bertz CT molecular complexity index is 434. The number of anilines is 1. The number of carbonyl (C=O) groups is 2. The molecule has 1 aromatic rings. The average molecular weight is 238 g/mol. The molecule has 7 N–H and O–H groups in total. The van der Waals surface area contributed by atoms with Crippen molar-refractivity contribution < 1.29 is 14.7 Å². The van der Waals surface area contributed by atoms with Crippen LogP contribution in [0.15, 0.2) is 18.2 Å². The minimum atomic E-state index is -0.656. The van der Waals surface area contributed by atoms with E-state index in [1.807, 2.05) is 0 Å². The third-order valence-electron chi connectivity index (χ3n) is 1.99. The van der Waals surface area contributed by atoms with Crippen LogP contribution in [0.25, 0.3) is 0 Å². The second-order valence-electron chi connectivity index (χ2n) is 3.32. The number of phenolic OH excluding ortho intramolecular Hbond substituents is 1. The smallest absolute Gasteiger partial charge is 0.312 e. The molecule has 0 radical (unpaired) electrons. The Morgan fingerprint density at radius 2 is 1.88 bits per heavy atom. The first-order valence-electron chi connectivity index (χ1n) is 4.90. The van der Waals surface area contributed by atoms with E-state index >= 15 is 0 Å². The van der Waals surface area contributed by atoms with E-state index in [0.717, 1.165) is 0 Å². The summed E-state index contributed by atoms with van der Waals surface area (Å²) >= 11 is 0. The van der Waals surface area contributed by atoms with Crippen LogP contribution in [0.5, 0.6) is 5.75 Å². The second-order valence-corrected chi connectivity index (χ2v) is 3.32. The first-order chi connectivity index (χ1) is 8.00. The minimum absolute atomic E-state index is 0.0420. The number of amides is 3. The molecule has 0 aliphatic heterocycles. The zero-order valence-electron chi connectivity index (χ0n) is 9.06. The molecule has 0 bridgehead atoms. The van der Waals surface area contributed by atoms with E-state index in [2.05, 4.69) is 10.6 Å². The van der Waals surface area contributed by atoms with Gasteiger partial charge in [-0.3, -0.25) is 4.79 Å². The summed E-state index contributed by atoms with van der Waals surface area (Å²) in [5.41, 5.74) is 10.9. The highest BCUT2D eigenvalue weighted by Gasteiger charge is 2.09. The van der Waals surface area contributed by atoms with Gasteiger partial charge in [-0.25, -0.2) is 4.79 Å². The molecular weight excluding hydrogens is 224 g/mol. The van der Waals surface area contributed by atoms with Crippen LogP contribution in [-0.4, -0.2) is 30.1 Å². The molecule has 92 valence electrons. The number of nitrogens with two attached hydrogens (primary N) is 2. The number of carbonyl (C=O) groups excluding carboxylic acids is 2. The molecule has 7 heteroatoms. The van der Waals surface area contributed by atoms with Crippen molar-refractivity contribution in [3.05, 3.63) is 23.8 Å². The summed E-state index contributed by atoms with van der Waals surface area (Å²) in [6, 6.07) is 3.44. The summed E-state index contributed by atoms with van der Waals surface area (Å²) in [5.74, 6) is -0.468. The summed E-state index contributed by atoms with van der Waals surface area (Å²) in [5, 5.41) is 14.1. The van der Waals surface area contributed by atoms with Crippen LogP contribution in [0.1, 0.15) is 10.4 Å². The zero-order chi connectivity index (χ0) is 12.8.